The number of benzene rings is 1. The van der Waals surface area contributed by atoms with Gasteiger partial charge in [0.25, 0.3) is 5.91 Å². The molecule has 0 fully saturated rings. The number of aryl methyl sites for hydroxylation is 1. The predicted molar refractivity (Wildman–Crippen MR) is 108 cm³/mol. The Morgan fingerprint density at radius 2 is 1.86 bits per heavy atom. The molecule has 0 saturated carbocycles. The number of halogens is 3. The quantitative estimate of drug-likeness (QED) is 0.479. The van der Waals surface area contributed by atoms with Crippen LogP contribution in [-0.2, 0) is 10.9 Å². The summed E-state index contributed by atoms with van der Waals surface area (Å²) >= 11 is 2.53. The standard InChI is InChI=1S/C20H16F3NO3S2/c1-3-27-19(26)16-15(14-9-6-10-28-14)11(2)29-18(16)24-17(25)12-7-4-5-8-13(12)20(21,22)23/h4-10H,3H2,1-2H3,(H,24,25). The van der Waals surface area contributed by atoms with E-state index in [9.17, 15) is 22.8 Å². The Bertz CT molecular complexity index is 1040. The first kappa shape index (κ1) is 21.1. The maximum Gasteiger partial charge on any atom is 0.417 e. The van der Waals surface area contributed by atoms with Crippen molar-refractivity contribution in [3.05, 3.63) is 63.3 Å². The van der Waals surface area contributed by atoms with E-state index >= 15 is 0 Å². The lowest BCUT2D eigenvalue weighted by Crippen LogP contribution is -2.19. The van der Waals surface area contributed by atoms with Crippen LogP contribution in [0.4, 0.5) is 18.2 Å². The van der Waals surface area contributed by atoms with Gasteiger partial charge in [-0.1, -0.05) is 18.2 Å². The Balaban J connectivity index is 2.06. The van der Waals surface area contributed by atoms with Crippen LogP contribution in [0.5, 0.6) is 0 Å². The van der Waals surface area contributed by atoms with Crippen LogP contribution in [0.1, 0.15) is 38.1 Å². The Morgan fingerprint density at radius 3 is 2.48 bits per heavy atom. The lowest BCUT2D eigenvalue weighted by atomic mass is 10.1. The zero-order valence-corrected chi connectivity index (χ0v) is 17.1. The Hall–Kier alpha value is -2.65. The smallest absolute Gasteiger partial charge is 0.417 e. The molecule has 0 spiro atoms. The minimum Gasteiger partial charge on any atom is -0.462 e. The maximum absolute atomic E-state index is 13.3. The molecule has 29 heavy (non-hydrogen) atoms. The average Bonchev–Trinajstić information content (AvgIpc) is 3.28. The highest BCUT2D eigenvalue weighted by atomic mass is 32.1. The van der Waals surface area contributed by atoms with E-state index in [0.717, 1.165) is 33.2 Å². The summed E-state index contributed by atoms with van der Waals surface area (Å²) in [5, 5.41) is 4.49. The number of esters is 1. The number of carbonyl (C=O) groups excluding carboxylic acids is 2. The number of hydrogen-bond acceptors (Lipinski definition) is 5. The summed E-state index contributed by atoms with van der Waals surface area (Å²) in [6.45, 7) is 3.56. The minimum absolute atomic E-state index is 0.127. The number of thiophene rings is 2. The summed E-state index contributed by atoms with van der Waals surface area (Å²) < 4.78 is 44.9. The first-order chi connectivity index (χ1) is 13.7. The van der Waals surface area contributed by atoms with Crippen molar-refractivity contribution in [3.63, 3.8) is 0 Å². The molecule has 3 rings (SSSR count). The Morgan fingerprint density at radius 1 is 1.14 bits per heavy atom. The molecule has 0 atom stereocenters. The van der Waals surface area contributed by atoms with Crippen LogP contribution in [0.3, 0.4) is 0 Å². The summed E-state index contributed by atoms with van der Waals surface area (Å²) in [6.07, 6.45) is -4.68. The highest BCUT2D eigenvalue weighted by Crippen LogP contribution is 2.42. The number of ether oxygens (including phenoxy) is 1. The van der Waals surface area contributed by atoms with Gasteiger partial charge in [-0.05, 0) is 37.4 Å². The molecule has 9 heteroatoms. The van der Waals surface area contributed by atoms with Gasteiger partial charge >= 0.3 is 12.1 Å². The number of amides is 1. The molecular weight excluding hydrogens is 423 g/mol. The number of nitrogens with one attached hydrogen (secondary N) is 1. The summed E-state index contributed by atoms with van der Waals surface area (Å²) in [5.41, 5.74) is -0.794. The van der Waals surface area contributed by atoms with Crippen molar-refractivity contribution in [2.24, 2.45) is 0 Å². The van der Waals surface area contributed by atoms with E-state index in [4.69, 9.17) is 4.74 Å². The van der Waals surface area contributed by atoms with E-state index in [1.54, 1.807) is 13.8 Å². The summed E-state index contributed by atoms with van der Waals surface area (Å²) in [5.74, 6) is -1.58. The third kappa shape index (κ3) is 4.35. The van der Waals surface area contributed by atoms with E-state index in [2.05, 4.69) is 5.32 Å². The molecular formula is C20H16F3NO3S2. The van der Waals surface area contributed by atoms with Crippen molar-refractivity contribution in [3.8, 4) is 10.4 Å². The predicted octanol–water partition coefficient (Wildman–Crippen LogP) is 6.23. The number of hydrogen-bond donors (Lipinski definition) is 1. The van der Waals surface area contributed by atoms with Crippen LogP contribution in [-0.4, -0.2) is 18.5 Å². The maximum atomic E-state index is 13.3. The van der Waals surface area contributed by atoms with Crippen LogP contribution in [0.25, 0.3) is 10.4 Å². The third-order valence-electron chi connectivity index (χ3n) is 4.04. The van der Waals surface area contributed by atoms with Gasteiger partial charge in [0.1, 0.15) is 10.6 Å². The molecule has 0 radical (unpaired) electrons. The van der Waals surface area contributed by atoms with E-state index in [1.807, 2.05) is 17.5 Å². The fourth-order valence-corrected chi connectivity index (χ4v) is 4.80. The topological polar surface area (TPSA) is 55.4 Å². The van der Waals surface area contributed by atoms with Crippen molar-refractivity contribution in [2.75, 3.05) is 11.9 Å². The van der Waals surface area contributed by atoms with E-state index in [1.165, 1.54) is 23.5 Å². The molecule has 4 nitrogen and oxygen atoms in total. The molecule has 3 aromatic rings. The van der Waals surface area contributed by atoms with Gasteiger partial charge in [0.2, 0.25) is 0 Å². The molecule has 152 valence electrons. The molecule has 0 unspecified atom stereocenters. The molecule has 1 N–H and O–H groups in total. The van der Waals surface area contributed by atoms with E-state index < -0.39 is 29.2 Å². The first-order valence-corrected chi connectivity index (χ1v) is 10.3. The van der Waals surface area contributed by atoms with Gasteiger partial charge in [-0.3, -0.25) is 4.79 Å². The van der Waals surface area contributed by atoms with Crippen LogP contribution < -0.4 is 5.32 Å². The SMILES string of the molecule is CCOC(=O)c1c(NC(=O)c2ccccc2C(F)(F)F)sc(C)c1-c1cccs1. The van der Waals surface area contributed by atoms with Crippen molar-refractivity contribution in [1.82, 2.24) is 0 Å². The molecule has 0 aliphatic heterocycles. The van der Waals surface area contributed by atoms with Gasteiger partial charge in [-0.15, -0.1) is 22.7 Å². The largest absolute Gasteiger partial charge is 0.462 e. The Kier molecular flexibility index (Phi) is 6.09. The van der Waals surface area contributed by atoms with Crippen LogP contribution in [0, 0.1) is 6.92 Å². The second kappa shape index (κ2) is 8.38. The fourth-order valence-electron chi connectivity index (χ4n) is 2.85. The van der Waals surface area contributed by atoms with Gasteiger partial charge in [0, 0.05) is 15.3 Å². The van der Waals surface area contributed by atoms with Gasteiger partial charge in [0.05, 0.1) is 17.7 Å². The second-order valence-electron chi connectivity index (χ2n) is 5.93. The normalized spacial score (nSPS) is 11.3. The molecule has 0 saturated heterocycles. The van der Waals surface area contributed by atoms with Crippen LogP contribution in [0.15, 0.2) is 41.8 Å². The zero-order chi connectivity index (χ0) is 21.2. The second-order valence-corrected chi connectivity index (χ2v) is 8.11. The average molecular weight is 439 g/mol. The van der Waals surface area contributed by atoms with Crippen LogP contribution >= 0.6 is 22.7 Å². The van der Waals surface area contributed by atoms with E-state index in [-0.39, 0.29) is 17.2 Å². The van der Waals surface area contributed by atoms with Crippen molar-refractivity contribution in [2.45, 2.75) is 20.0 Å². The van der Waals surface area contributed by atoms with Gasteiger partial charge < -0.3 is 10.1 Å². The van der Waals surface area contributed by atoms with Gasteiger partial charge in [-0.25, -0.2) is 4.79 Å². The molecule has 0 aliphatic carbocycles. The summed E-state index contributed by atoms with van der Waals surface area (Å²) in [4.78, 5) is 26.8. The molecule has 0 aliphatic rings. The molecule has 1 aromatic carbocycles. The fraction of sp³-hybridized carbons (Fsp3) is 0.200. The first-order valence-electron chi connectivity index (χ1n) is 8.56. The Labute approximate surface area is 172 Å². The lowest BCUT2D eigenvalue weighted by molar-refractivity contribution is -0.137. The zero-order valence-electron chi connectivity index (χ0n) is 15.4. The third-order valence-corrected chi connectivity index (χ3v) is 5.94. The number of rotatable bonds is 5. The number of carbonyl (C=O) groups is 2. The molecule has 2 aromatic heterocycles. The molecule has 2 heterocycles. The van der Waals surface area contributed by atoms with Crippen molar-refractivity contribution >= 4 is 39.6 Å². The molecule has 0 bridgehead atoms. The van der Waals surface area contributed by atoms with Gasteiger partial charge in [0.15, 0.2) is 0 Å². The van der Waals surface area contributed by atoms with E-state index in [0.29, 0.717) is 5.56 Å². The minimum atomic E-state index is -4.68. The van der Waals surface area contributed by atoms with Crippen molar-refractivity contribution in [1.29, 1.82) is 0 Å². The summed E-state index contributed by atoms with van der Waals surface area (Å²) in [6, 6.07) is 8.17. The number of alkyl halides is 3. The highest BCUT2D eigenvalue weighted by molar-refractivity contribution is 7.18. The number of anilines is 1. The van der Waals surface area contributed by atoms with Crippen LogP contribution in [0.2, 0.25) is 0 Å². The lowest BCUT2D eigenvalue weighted by Gasteiger charge is -2.13. The van der Waals surface area contributed by atoms with Gasteiger partial charge in [-0.2, -0.15) is 13.2 Å². The highest BCUT2D eigenvalue weighted by Gasteiger charge is 2.35. The van der Waals surface area contributed by atoms with Crippen molar-refractivity contribution < 1.29 is 27.5 Å². The monoisotopic (exact) mass is 439 g/mol. The molecule has 1 amide bonds. The summed E-state index contributed by atoms with van der Waals surface area (Å²) in [7, 11) is 0.